The number of hydrogen-bond donors (Lipinski definition) is 1. The third kappa shape index (κ3) is 3.91. The molecule has 176 valence electrons. The van der Waals surface area contributed by atoms with Gasteiger partial charge in [-0.1, -0.05) is 62.4 Å². The van der Waals surface area contributed by atoms with Gasteiger partial charge in [-0.3, -0.25) is 19.5 Å². The molecule has 1 N–H and O–H groups in total. The maximum atomic E-state index is 13.4. The van der Waals surface area contributed by atoms with Crippen LogP contribution in [0.4, 0.5) is 5.13 Å². The minimum Gasteiger partial charge on any atom is -0.507 e. The predicted molar refractivity (Wildman–Crippen MR) is 139 cm³/mol. The molecule has 2 aromatic heterocycles. The van der Waals surface area contributed by atoms with E-state index in [-0.39, 0.29) is 16.7 Å². The van der Waals surface area contributed by atoms with Gasteiger partial charge in [0.2, 0.25) is 0 Å². The van der Waals surface area contributed by atoms with E-state index in [1.54, 1.807) is 24.4 Å². The Morgan fingerprint density at radius 3 is 2.46 bits per heavy atom. The second-order valence-corrected chi connectivity index (χ2v) is 10.7. The van der Waals surface area contributed by atoms with Crippen molar-refractivity contribution in [3.8, 4) is 0 Å². The first-order valence-corrected chi connectivity index (χ1v) is 12.2. The van der Waals surface area contributed by atoms with E-state index in [1.165, 1.54) is 16.2 Å². The summed E-state index contributed by atoms with van der Waals surface area (Å²) >= 11 is 1.33. The zero-order valence-electron chi connectivity index (χ0n) is 19.9. The van der Waals surface area contributed by atoms with Crippen LogP contribution < -0.4 is 4.90 Å². The van der Waals surface area contributed by atoms with Crippen LogP contribution in [0.3, 0.4) is 0 Å². The Morgan fingerprint density at radius 1 is 1.03 bits per heavy atom. The Kier molecular flexibility index (Phi) is 5.52. The average molecular weight is 484 g/mol. The number of pyridine rings is 1. The number of aryl methyl sites for hydroxylation is 1. The number of amides is 1. The second-order valence-electron chi connectivity index (χ2n) is 9.67. The molecule has 1 fully saturated rings. The highest BCUT2D eigenvalue weighted by atomic mass is 32.1. The van der Waals surface area contributed by atoms with Crippen molar-refractivity contribution in [3.63, 3.8) is 0 Å². The Labute approximate surface area is 207 Å². The molecule has 4 aromatic rings. The lowest BCUT2D eigenvalue weighted by atomic mass is 9.84. The summed E-state index contributed by atoms with van der Waals surface area (Å²) in [6.45, 7) is 8.13. The van der Waals surface area contributed by atoms with E-state index in [0.717, 1.165) is 21.3 Å². The Hall–Kier alpha value is -3.84. The van der Waals surface area contributed by atoms with E-state index in [4.69, 9.17) is 0 Å². The van der Waals surface area contributed by atoms with Crippen molar-refractivity contribution in [2.45, 2.75) is 39.2 Å². The van der Waals surface area contributed by atoms with E-state index >= 15 is 0 Å². The molecule has 2 aromatic carbocycles. The smallest absolute Gasteiger partial charge is 0.301 e. The standard InChI is InChI=1S/C28H25N3O3S/c1-16-12-13-17(28(2,3)4)15-18(16)24(32)22-23(20-10-7-8-14-29-20)31(26(34)25(22)33)27-30-19-9-5-6-11-21(19)35-27/h5-15,23,32H,1-4H3/b24-22+. The van der Waals surface area contributed by atoms with Crippen molar-refractivity contribution in [1.82, 2.24) is 9.97 Å². The molecule has 3 heterocycles. The fourth-order valence-electron chi connectivity index (χ4n) is 4.30. The summed E-state index contributed by atoms with van der Waals surface area (Å²) in [7, 11) is 0. The molecule has 0 bridgehead atoms. The number of anilines is 1. The highest BCUT2D eigenvalue weighted by Crippen LogP contribution is 2.44. The molecule has 0 spiro atoms. The van der Waals surface area contributed by atoms with Crippen LogP contribution in [-0.2, 0) is 15.0 Å². The number of thiazole rings is 1. The summed E-state index contributed by atoms with van der Waals surface area (Å²) in [5, 5.41) is 11.9. The number of ketones is 1. The molecule has 35 heavy (non-hydrogen) atoms. The Morgan fingerprint density at radius 2 is 1.77 bits per heavy atom. The Bertz CT molecular complexity index is 1470. The molecule has 0 saturated carbocycles. The van der Waals surface area contributed by atoms with Gasteiger partial charge in [0.05, 0.1) is 21.5 Å². The van der Waals surface area contributed by atoms with E-state index in [9.17, 15) is 14.7 Å². The minimum atomic E-state index is -0.894. The van der Waals surface area contributed by atoms with E-state index < -0.39 is 17.7 Å². The number of aliphatic hydroxyl groups is 1. The summed E-state index contributed by atoms with van der Waals surface area (Å²) in [5.41, 5.74) is 3.43. The van der Waals surface area contributed by atoms with Crippen LogP contribution in [-0.4, -0.2) is 26.8 Å². The van der Waals surface area contributed by atoms with Crippen molar-refractivity contribution in [2.24, 2.45) is 0 Å². The number of benzene rings is 2. The monoisotopic (exact) mass is 483 g/mol. The molecular weight excluding hydrogens is 458 g/mol. The van der Waals surface area contributed by atoms with Crippen molar-refractivity contribution in [1.29, 1.82) is 0 Å². The average Bonchev–Trinajstić information content (AvgIpc) is 3.37. The first kappa shape index (κ1) is 22.9. The van der Waals surface area contributed by atoms with Crippen LogP contribution in [0.15, 0.2) is 72.4 Å². The number of rotatable bonds is 3. The van der Waals surface area contributed by atoms with Crippen LogP contribution >= 0.6 is 11.3 Å². The first-order valence-electron chi connectivity index (χ1n) is 11.4. The van der Waals surface area contributed by atoms with Crippen molar-refractivity contribution < 1.29 is 14.7 Å². The number of carbonyl (C=O) groups excluding carboxylic acids is 2. The lowest BCUT2D eigenvalue weighted by Crippen LogP contribution is -2.29. The van der Waals surface area contributed by atoms with Gasteiger partial charge in [-0.2, -0.15) is 0 Å². The third-order valence-corrected chi connectivity index (χ3v) is 7.30. The maximum absolute atomic E-state index is 13.4. The third-order valence-electron chi connectivity index (χ3n) is 6.26. The molecule has 0 aliphatic carbocycles. The fourth-order valence-corrected chi connectivity index (χ4v) is 5.29. The molecule has 1 atom stereocenters. The number of Topliss-reactive ketones (excluding diaryl/α,β-unsaturated/α-hetero) is 1. The molecule has 6 nitrogen and oxygen atoms in total. The van der Waals surface area contributed by atoms with Crippen LogP contribution in [0.25, 0.3) is 16.0 Å². The van der Waals surface area contributed by atoms with Crippen molar-refractivity contribution >= 4 is 44.1 Å². The number of para-hydroxylation sites is 1. The minimum absolute atomic E-state index is 0.0158. The van der Waals surface area contributed by atoms with Gasteiger partial charge in [0.15, 0.2) is 5.13 Å². The van der Waals surface area contributed by atoms with Gasteiger partial charge >= 0.3 is 5.91 Å². The number of fused-ring (bicyclic) bond motifs is 1. The van der Waals surface area contributed by atoms with E-state index in [2.05, 4.69) is 30.7 Å². The molecule has 7 heteroatoms. The van der Waals surface area contributed by atoms with Gasteiger partial charge in [0.25, 0.3) is 5.78 Å². The largest absolute Gasteiger partial charge is 0.507 e. The number of carbonyl (C=O) groups is 2. The fraction of sp³-hybridized carbons (Fsp3) is 0.214. The summed E-state index contributed by atoms with van der Waals surface area (Å²) in [6, 6.07) is 17.8. The first-order chi connectivity index (χ1) is 16.7. The highest BCUT2D eigenvalue weighted by molar-refractivity contribution is 7.22. The molecule has 0 radical (unpaired) electrons. The normalized spacial score (nSPS) is 17.9. The van der Waals surface area contributed by atoms with Gasteiger partial charge in [-0.05, 0) is 53.8 Å². The SMILES string of the molecule is Cc1ccc(C(C)(C)C)cc1/C(O)=C1\C(=O)C(=O)N(c2nc3ccccc3s2)C1c1ccccn1. The summed E-state index contributed by atoms with van der Waals surface area (Å²) < 4.78 is 0.901. The molecule has 5 rings (SSSR count). The zero-order chi connectivity index (χ0) is 24.9. The predicted octanol–water partition coefficient (Wildman–Crippen LogP) is 5.92. The molecule has 1 saturated heterocycles. The van der Waals surface area contributed by atoms with Crippen LogP contribution in [0, 0.1) is 6.92 Å². The summed E-state index contributed by atoms with van der Waals surface area (Å²) in [4.78, 5) is 37.3. The zero-order valence-corrected chi connectivity index (χ0v) is 20.8. The lowest BCUT2D eigenvalue weighted by molar-refractivity contribution is -0.132. The van der Waals surface area contributed by atoms with Crippen molar-refractivity contribution in [2.75, 3.05) is 4.90 Å². The van der Waals surface area contributed by atoms with Crippen molar-refractivity contribution in [3.05, 3.63) is 94.8 Å². The van der Waals surface area contributed by atoms with Crippen LogP contribution in [0.5, 0.6) is 0 Å². The van der Waals surface area contributed by atoms with Gasteiger partial charge in [-0.15, -0.1) is 0 Å². The number of aromatic nitrogens is 2. The number of hydrogen-bond acceptors (Lipinski definition) is 6. The quantitative estimate of drug-likeness (QED) is 0.222. The molecule has 1 unspecified atom stereocenters. The summed E-state index contributed by atoms with van der Waals surface area (Å²) in [5.74, 6) is -1.69. The van der Waals surface area contributed by atoms with E-state index in [1.807, 2.05) is 49.4 Å². The number of nitrogens with zero attached hydrogens (tertiary/aromatic N) is 3. The number of aliphatic hydroxyl groups excluding tert-OH is 1. The summed E-state index contributed by atoms with van der Waals surface area (Å²) in [6.07, 6.45) is 1.61. The molecule has 1 aliphatic heterocycles. The lowest BCUT2D eigenvalue weighted by Gasteiger charge is -2.23. The van der Waals surface area contributed by atoms with Crippen LogP contribution in [0.1, 0.15) is 49.2 Å². The van der Waals surface area contributed by atoms with E-state index in [0.29, 0.717) is 16.4 Å². The molecule has 1 aliphatic rings. The highest BCUT2D eigenvalue weighted by Gasteiger charge is 2.49. The second kappa shape index (κ2) is 8.43. The van der Waals surface area contributed by atoms with Gasteiger partial charge in [0.1, 0.15) is 11.8 Å². The molecular formula is C28H25N3O3S. The topological polar surface area (TPSA) is 83.4 Å². The van der Waals surface area contributed by atoms with Gasteiger partial charge < -0.3 is 5.11 Å². The van der Waals surface area contributed by atoms with Crippen LogP contribution in [0.2, 0.25) is 0 Å². The maximum Gasteiger partial charge on any atom is 0.301 e. The van der Waals surface area contributed by atoms with Gasteiger partial charge in [-0.25, -0.2) is 4.98 Å². The molecule has 1 amide bonds. The Balaban J connectivity index is 1.74. The van der Waals surface area contributed by atoms with Gasteiger partial charge in [0, 0.05) is 11.8 Å².